The van der Waals surface area contributed by atoms with Gasteiger partial charge in [-0.2, -0.15) is 8.42 Å². The van der Waals surface area contributed by atoms with E-state index in [-0.39, 0.29) is 25.0 Å². The number of rotatable bonds is 0. The van der Waals surface area contributed by atoms with Gasteiger partial charge in [-0.3, -0.25) is 13.7 Å². The third-order valence-electron chi connectivity index (χ3n) is 0. The molecule has 0 radical (unpaired) electrons. The Balaban J connectivity index is -0.0000000457. The molecule has 6 N–H and O–H groups in total. The van der Waals surface area contributed by atoms with E-state index in [1.54, 1.807) is 0 Å². The molecule has 0 rings (SSSR count). The van der Waals surface area contributed by atoms with Crippen LogP contribution >= 0.6 is 0 Å². The minimum atomic E-state index is -4.92. The van der Waals surface area contributed by atoms with Crippen LogP contribution in [0.2, 0.25) is 0 Å². The molecule has 0 bridgehead atoms. The topological polar surface area (TPSA) is 187 Å². The molecule has 0 aliphatic rings. The Kier molecular flexibility index (Phi) is 15.0. The SMILES string of the molecule is N.O=S(=O)(O)O.O=S(=O)([O-])O.[Li+]. The number of hydrogen-bond acceptors (Lipinski definition) is 6. The van der Waals surface area contributed by atoms with Gasteiger partial charge >= 0.3 is 29.3 Å². The summed E-state index contributed by atoms with van der Waals surface area (Å²) >= 11 is 0. The van der Waals surface area contributed by atoms with Crippen LogP contribution in [0.1, 0.15) is 0 Å². The minimum absolute atomic E-state index is 0. The molecule has 0 spiro atoms. The van der Waals surface area contributed by atoms with Crippen molar-refractivity contribution in [1.29, 1.82) is 0 Å². The van der Waals surface area contributed by atoms with Crippen molar-refractivity contribution in [2.24, 2.45) is 0 Å². The van der Waals surface area contributed by atoms with Gasteiger partial charge in [0, 0.05) is 0 Å². The van der Waals surface area contributed by atoms with Crippen molar-refractivity contribution in [3.63, 3.8) is 0 Å². The van der Waals surface area contributed by atoms with E-state index in [2.05, 4.69) is 0 Å². The molecule has 0 heterocycles. The molecule has 0 aromatic carbocycles. The van der Waals surface area contributed by atoms with Crippen LogP contribution in [0, 0.1) is 0 Å². The third-order valence-corrected chi connectivity index (χ3v) is 0. The Labute approximate surface area is 81.1 Å². The molecule has 12 heavy (non-hydrogen) atoms. The van der Waals surface area contributed by atoms with E-state index in [1.165, 1.54) is 0 Å². The summed E-state index contributed by atoms with van der Waals surface area (Å²) in [5.74, 6) is 0. The van der Waals surface area contributed by atoms with Gasteiger partial charge in [-0.1, -0.05) is 0 Å². The maximum Gasteiger partial charge on any atom is 1.00 e. The Morgan fingerprint density at radius 1 is 0.917 bits per heavy atom. The van der Waals surface area contributed by atoms with Crippen LogP contribution in [0.5, 0.6) is 0 Å². The van der Waals surface area contributed by atoms with Gasteiger partial charge in [0.15, 0.2) is 0 Å². The molecule has 0 fully saturated rings. The molecule has 0 aliphatic carbocycles. The summed E-state index contributed by atoms with van der Waals surface area (Å²) in [6.07, 6.45) is 0. The fourth-order valence-electron chi connectivity index (χ4n) is 0. The first-order valence-electron chi connectivity index (χ1n) is 1.38. The van der Waals surface area contributed by atoms with Crippen LogP contribution in [-0.2, 0) is 20.8 Å². The monoisotopic (exact) mass is 219 g/mol. The maximum absolute atomic E-state index is 8.74. The van der Waals surface area contributed by atoms with Crippen molar-refractivity contribution in [2.75, 3.05) is 0 Å². The van der Waals surface area contributed by atoms with E-state index >= 15 is 0 Å². The van der Waals surface area contributed by atoms with Gasteiger partial charge in [-0.25, -0.2) is 8.42 Å². The van der Waals surface area contributed by atoms with Crippen LogP contribution < -0.4 is 25.0 Å². The van der Waals surface area contributed by atoms with Gasteiger partial charge in [0.05, 0.1) is 0 Å². The van der Waals surface area contributed by atoms with Crippen LogP contribution in [0.3, 0.4) is 0 Å². The predicted molar refractivity (Wildman–Crippen MR) is 31.5 cm³/mol. The second-order valence-corrected chi connectivity index (χ2v) is 2.63. The summed E-state index contributed by atoms with van der Waals surface area (Å²) in [6, 6.07) is 0. The van der Waals surface area contributed by atoms with Gasteiger partial charge in [-0.15, -0.1) is 0 Å². The Morgan fingerprint density at radius 2 is 0.917 bits per heavy atom. The zero-order valence-corrected chi connectivity index (χ0v) is 7.54. The zero-order chi connectivity index (χ0) is 9.00. The van der Waals surface area contributed by atoms with E-state index in [4.69, 9.17) is 35.0 Å². The standard InChI is InChI=1S/Li.H3N.2H2O4S/c;;2*1-5(2,3)4/h;1H3;2*(H2,1,2,3,4)/q+1;;;/p-1. The smallest absolute Gasteiger partial charge is 0.726 e. The predicted octanol–water partition coefficient (Wildman–Crippen LogP) is -4.48. The first kappa shape index (κ1) is 22.8. The molecule has 0 aromatic heterocycles. The second kappa shape index (κ2) is 7.92. The van der Waals surface area contributed by atoms with Crippen molar-refractivity contribution in [3.8, 4) is 0 Å². The largest absolute Gasteiger partial charge is 1.00 e. The minimum Gasteiger partial charge on any atom is -0.726 e. The molecular formula is H6LiNO8S2. The quantitative estimate of drug-likeness (QED) is 0.177. The average Bonchev–Trinajstić information content (AvgIpc) is 1.12. The summed E-state index contributed by atoms with van der Waals surface area (Å²) in [5.41, 5.74) is 0. The van der Waals surface area contributed by atoms with Crippen LogP contribution in [0.15, 0.2) is 0 Å². The van der Waals surface area contributed by atoms with E-state index in [9.17, 15) is 0 Å². The van der Waals surface area contributed by atoms with E-state index in [1.807, 2.05) is 0 Å². The third kappa shape index (κ3) is 10100. The zero-order valence-electron chi connectivity index (χ0n) is 5.91. The first-order valence-corrected chi connectivity index (χ1v) is 4.14. The molecule has 0 amide bonds. The number of hydrogen-bond donors (Lipinski definition) is 4. The van der Waals surface area contributed by atoms with E-state index < -0.39 is 20.8 Å². The van der Waals surface area contributed by atoms with Crippen molar-refractivity contribution in [3.05, 3.63) is 0 Å². The van der Waals surface area contributed by atoms with Crippen molar-refractivity contribution < 1.29 is 53.9 Å². The molecule has 12 heteroatoms. The first-order chi connectivity index (χ1) is 4.00. The van der Waals surface area contributed by atoms with E-state index in [0.29, 0.717) is 0 Å². The molecule has 0 aromatic rings. The second-order valence-electron chi connectivity index (χ2n) is 0.876. The molecule has 0 unspecified atom stereocenters. The molecule has 9 nitrogen and oxygen atoms in total. The Bertz CT molecular complexity index is 213. The molecule has 0 saturated carbocycles. The van der Waals surface area contributed by atoms with Crippen molar-refractivity contribution >= 4 is 20.8 Å². The average molecular weight is 219 g/mol. The van der Waals surface area contributed by atoms with Crippen molar-refractivity contribution in [1.82, 2.24) is 6.15 Å². The fraction of sp³-hybridized carbons (Fsp3) is 0. The molecule has 0 atom stereocenters. The Hall–Kier alpha value is 0.297. The molecular weight excluding hydrogens is 213 g/mol. The van der Waals surface area contributed by atoms with Crippen molar-refractivity contribution in [2.45, 2.75) is 0 Å². The molecule has 0 saturated heterocycles. The van der Waals surface area contributed by atoms with Gasteiger partial charge in [0.25, 0.3) is 0 Å². The summed E-state index contributed by atoms with van der Waals surface area (Å²) in [7, 11) is -9.58. The summed E-state index contributed by atoms with van der Waals surface area (Å²) < 4.78 is 64.4. The molecule has 0 aliphatic heterocycles. The fourth-order valence-corrected chi connectivity index (χ4v) is 0. The Morgan fingerprint density at radius 3 is 0.917 bits per heavy atom. The van der Waals surface area contributed by atoms with Crippen LogP contribution in [-0.4, -0.2) is 35.0 Å². The van der Waals surface area contributed by atoms with Crippen LogP contribution in [0.25, 0.3) is 0 Å². The molecule has 72 valence electrons. The van der Waals surface area contributed by atoms with Gasteiger partial charge in [-0.05, 0) is 0 Å². The summed E-state index contributed by atoms with van der Waals surface area (Å²) in [5, 5.41) is 0. The van der Waals surface area contributed by atoms with Gasteiger partial charge in [0.1, 0.15) is 0 Å². The van der Waals surface area contributed by atoms with Gasteiger partial charge < -0.3 is 10.7 Å². The van der Waals surface area contributed by atoms with Crippen LogP contribution in [0.4, 0.5) is 0 Å². The normalized spacial score (nSPS) is 9.67. The maximum atomic E-state index is 8.74. The summed E-state index contributed by atoms with van der Waals surface area (Å²) in [6.45, 7) is 0. The summed E-state index contributed by atoms with van der Waals surface area (Å²) in [4.78, 5) is 0. The van der Waals surface area contributed by atoms with E-state index in [0.717, 1.165) is 0 Å². The van der Waals surface area contributed by atoms with Gasteiger partial charge in [0.2, 0.25) is 10.4 Å².